The number of hydrogen-bond acceptors (Lipinski definition) is 4. The van der Waals surface area contributed by atoms with Gasteiger partial charge >= 0.3 is 5.97 Å². The normalized spacial score (nSPS) is 12.7. The fourth-order valence-corrected chi connectivity index (χ4v) is 1.22. The molecule has 0 heterocycles. The van der Waals surface area contributed by atoms with Gasteiger partial charge in [0.2, 0.25) is 6.23 Å². The largest absolute Gasteiger partial charge is 0.478 e. The fourth-order valence-electron chi connectivity index (χ4n) is 1.22. The first-order valence-corrected chi connectivity index (χ1v) is 5.10. The third-order valence-corrected chi connectivity index (χ3v) is 2.06. The molecule has 0 aliphatic rings. The molecule has 0 spiro atoms. The Bertz CT molecular complexity index is 197. The number of carboxylic acids is 1. The molecule has 5 heteroatoms. The lowest BCUT2D eigenvalue weighted by molar-refractivity contribution is -0.157. The maximum absolute atomic E-state index is 10.5. The predicted octanol–water partition coefficient (Wildman–Crippen LogP) is -0.123. The summed E-state index contributed by atoms with van der Waals surface area (Å²) in [6.07, 6.45) is 1.17. The first-order chi connectivity index (χ1) is 7.13. The van der Waals surface area contributed by atoms with Gasteiger partial charge in [-0.3, -0.25) is 4.90 Å². The maximum atomic E-state index is 10.5. The van der Waals surface area contributed by atoms with Crippen LogP contribution in [-0.2, 0) is 4.79 Å². The third kappa shape index (κ3) is 6.22. The molecule has 0 amide bonds. The molecule has 0 aromatic heterocycles. The van der Waals surface area contributed by atoms with Gasteiger partial charge in [-0.2, -0.15) is 0 Å². The van der Waals surface area contributed by atoms with Gasteiger partial charge in [-0.25, -0.2) is 4.79 Å². The van der Waals surface area contributed by atoms with Crippen LogP contribution >= 0.6 is 0 Å². The van der Waals surface area contributed by atoms with E-state index in [0.29, 0.717) is 13.1 Å². The van der Waals surface area contributed by atoms with Crippen LogP contribution < -0.4 is 5.32 Å². The SMILES string of the molecule is C=CCNCCCN(CC)C(O)C(=O)O. The first-order valence-electron chi connectivity index (χ1n) is 5.10. The molecule has 0 aromatic carbocycles. The van der Waals surface area contributed by atoms with Crippen molar-refractivity contribution < 1.29 is 15.0 Å². The smallest absolute Gasteiger partial charge is 0.348 e. The number of nitrogens with one attached hydrogen (secondary N) is 1. The van der Waals surface area contributed by atoms with E-state index in [1.165, 1.54) is 4.90 Å². The van der Waals surface area contributed by atoms with Gasteiger partial charge in [0.15, 0.2) is 0 Å². The zero-order chi connectivity index (χ0) is 11.7. The molecule has 0 radical (unpaired) electrons. The van der Waals surface area contributed by atoms with Gasteiger partial charge in [0.05, 0.1) is 0 Å². The van der Waals surface area contributed by atoms with Crippen molar-refractivity contribution in [3.05, 3.63) is 12.7 Å². The molecule has 0 aliphatic heterocycles. The summed E-state index contributed by atoms with van der Waals surface area (Å²) in [5.41, 5.74) is 0. The van der Waals surface area contributed by atoms with E-state index in [1.54, 1.807) is 6.08 Å². The average Bonchev–Trinajstić information content (AvgIpc) is 2.22. The van der Waals surface area contributed by atoms with Crippen LogP contribution in [0, 0.1) is 0 Å². The molecular weight excluding hydrogens is 196 g/mol. The zero-order valence-electron chi connectivity index (χ0n) is 9.15. The van der Waals surface area contributed by atoms with Crippen molar-refractivity contribution in [3.8, 4) is 0 Å². The van der Waals surface area contributed by atoms with Crippen molar-refractivity contribution in [1.82, 2.24) is 10.2 Å². The Kier molecular flexibility index (Phi) is 7.89. The van der Waals surface area contributed by atoms with Gasteiger partial charge in [0.1, 0.15) is 0 Å². The number of carboxylic acid groups (broad SMARTS) is 1. The molecule has 1 atom stereocenters. The minimum absolute atomic E-state index is 0.523. The first kappa shape index (κ1) is 14.1. The van der Waals surface area contributed by atoms with E-state index in [9.17, 15) is 9.90 Å². The van der Waals surface area contributed by atoms with E-state index in [2.05, 4.69) is 11.9 Å². The number of rotatable bonds is 9. The van der Waals surface area contributed by atoms with Crippen molar-refractivity contribution in [1.29, 1.82) is 0 Å². The van der Waals surface area contributed by atoms with Crippen LogP contribution in [-0.4, -0.2) is 53.5 Å². The third-order valence-electron chi connectivity index (χ3n) is 2.06. The summed E-state index contributed by atoms with van der Waals surface area (Å²) in [7, 11) is 0. The zero-order valence-corrected chi connectivity index (χ0v) is 9.15. The summed E-state index contributed by atoms with van der Waals surface area (Å²) in [5, 5.41) is 21.0. The number of likely N-dealkylation sites (N-methyl/N-ethyl adjacent to an activating group) is 1. The molecule has 0 aliphatic carbocycles. The molecule has 0 saturated heterocycles. The monoisotopic (exact) mass is 216 g/mol. The predicted molar refractivity (Wildman–Crippen MR) is 58.6 cm³/mol. The van der Waals surface area contributed by atoms with Crippen molar-refractivity contribution in [2.24, 2.45) is 0 Å². The number of hydrogen-bond donors (Lipinski definition) is 3. The summed E-state index contributed by atoms with van der Waals surface area (Å²) < 4.78 is 0. The highest BCUT2D eigenvalue weighted by molar-refractivity contribution is 5.71. The molecule has 0 aromatic rings. The molecule has 15 heavy (non-hydrogen) atoms. The highest BCUT2D eigenvalue weighted by Gasteiger charge is 2.20. The molecule has 3 N–H and O–H groups in total. The van der Waals surface area contributed by atoms with Crippen LogP contribution in [0.15, 0.2) is 12.7 Å². The van der Waals surface area contributed by atoms with Crippen LogP contribution in [0.25, 0.3) is 0 Å². The molecule has 0 bridgehead atoms. The van der Waals surface area contributed by atoms with Crippen LogP contribution in [0.3, 0.4) is 0 Å². The van der Waals surface area contributed by atoms with Crippen LogP contribution in [0.4, 0.5) is 0 Å². The van der Waals surface area contributed by atoms with Gasteiger partial charge in [-0.15, -0.1) is 6.58 Å². The topological polar surface area (TPSA) is 72.8 Å². The van der Waals surface area contributed by atoms with Gasteiger partial charge in [-0.05, 0) is 19.5 Å². The minimum Gasteiger partial charge on any atom is -0.478 e. The van der Waals surface area contributed by atoms with Gasteiger partial charge in [-0.1, -0.05) is 13.0 Å². The Morgan fingerprint density at radius 2 is 2.33 bits per heavy atom. The van der Waals surface area contributed by atoms with Crippen molar-refractivity contribution in [2.75, 3.05) is 26.2 Å². The Morgan fingerprint density at radius 1 is 1.67 bits per heavy atom. The Hall–Kier alpha value is -0.910. The Labute approximate surface area is 90.4 Å². The van der Waals surface area contributed by atoms with Crippen LogP contribution in [0.5, 0.6) is 0 Å². The number of aliphatic hydroxyl groups excluding tert-OH is 1. The van der Waals surface area contributed by atoms with Gasteiger partial charge in [0, 0.05) is 13.1 Å². The lowest BCUT2D eigenvalue weighted by Crippen LogP contribution is -2.42. The van der Waals surface area contributed by atoms with Gasteiger partial charge < -0.3 is 15.5 Å². The number of aliphatic hydroxyl groups is 1. The number of aliphatic carboxylic acids is 1. The molecular formula is C10H20N2O3. The molecule has 88 valence electrons. The maximum Gasteiger partial charge on any atom is 0.348 e. The highest BCUT2D eigenvalue weighted by Crippen LogP contribution is 1.97. The Morgan fingerprint density at radius 3 is 2.80 bits per heavy atom. The van der Waals surface area contributed by atoms with E-state index in [-0.39, 0.29) is 0 Å². The number of carbonyl (C=O) groups is 1. The fraction of sp³-hybridized carbons (Fsp3) is 0.700. The van der Waals surface area contributed by atoms with Crippen molar-refractivity contribution in [3.63, 3.8) is 0 Å². The van der Waals surface area contributed by atoms with E-state index >= 15 is 0 Å². The molecule has 0 saturated carbocycles. The highest BCUT2D eigenvalue weighted by atomic mass is 16.4. The summed E-state index contributed by atoms with van der Waals surface area (Å²) in [5.74, 6) is -1.20. The second-order valence-corrected chi connectivity index (χ2v) is 3.19. The molecule has 0 fully saturated rings. The van der Waals surface area contributed by atoms with E-state index in [0.717, 1.165) is 19.5 Å². The van der Waals surface area contributed by atoms with Crippen LogP contribution in [0.1, 0.15) is 13.3 Å². The lowest BCUT2D eigenvalue weighted by atomic mass is 10.3. The van der Waals surface area contributed by atoms with Crippen molar-refractivity contribution >= 4 is 5.97 Å². The van der Waals surface area contributed by atoms with E-state index in [4.69, 9.17) is 5.11 Å². The molecule has 0 rings (SSSR count). The summed E-state index contributed by atoms with van der Waals surface area (Å²) in [4.78, 5) is 12.0. The Balaban J connectivity index is 3.70. The lowest BCUT2D eigenvalue weighted by Gasteiger charge is -2.23. The van der Waals surface area contributed by atoms with Crippen LogP contribution in [0.2, 0.25) is 0 Å². The standard InChI is InChI=1S/C10H20N2O3/c1-3-6-11-7-5-8-12(4-2)9(13)10(14)15/h3,9,11,13H,1,4-8H2,2H3,(H,14,15). The number of nitrogens with zero attached hydrogens (tertiary/aromatic N) is 1. The summed E-state index contributed by atoms with van der Waals surface area (Å²) >= 11 is 0. The molecule has 1 unspecified atom stereocenters. The second kappa shape index (κ2) is 8.40. The quantitative estimate of drug-likeness (QED) is 0.285. The summed E-state index contributed by atoms with van der Waals surface area (Å²) in [6, 6.07) is 0. The molecule has 5 nitrogen and oxygen atoms in total. The summed E-state index contributed by atoms with van der Waals surface area (Å²) in [6.45, 7) is 8.01. The minimum atomic E-state index is -1.39. The van der Waals surface area contributed by atoms with E-state index < -0.39 is 12.2 Å². The average molecular weight is 216 g/mol. The van der Waals surface area contributed by atoms with Gasteiger partial charge in [0.25, 0.3) is 0 Å². The van der Waals surface area contributed by atoms with E-state index in [1.807, 2.05) is 6.92 Å². The van der Waals surface area contributed by atoms with Crippen molar-refractivity contribution in [2.45, 2.75) is 19.6 Å². The second-order valence-electron chi connectivity index (χ2n) is 3.19.